The van der Waals surface area contributed by atoms with Crippen LogP contribution in [0.2, 0.25) is 0 Å². The van der Waals surface area contributed by atoms with Crippen molar-refractivity contribution < 1.29 is 4.79 Å². The van der Waals surface area contributed by atoms with Crippen molar-refractivity contribution in [3.8, 4) is 0 Å². The molecule has 0 bridgehead atoms. The lowest BCUT2D eigenvalue weighted by Crippen LogP contribution is -2.34. The fourth-order valence-corrected chi connectivity index (χ4v) is 2.21. The Morgan fingerprint density at radius 1 is 1.40 bits per heavy atom. The lowest BCUT2D eigenvalue weighted by molar-refractivity contribution is -0.132. The van der Waals surface area contributed by atoms with Gasteiger partial charge in [-0.25, -0.2) is 0 Å². The number of likely N-dealkylation sites (tertiary alicyclic amines) is 1. The van der Waals surface area contributed by atoms with Gasteiger partial charge in [0.2, 0.25) is 5.91 Å². The van der Waals surface area contributed by atoms with E-state index >= 15 is 0 Å². The van der Waals surface area contributed by atoms with Gasteiger partial charge in [0.25, 0.3) is 0 Å². The fourth-order valence-electron chi connectivity index (χ4n) is 2.21. The zero-order valence-corrected chi connectivity index (χ0v) is 10.7. The minimum Gasteiger partial charge on any atom is -0.349 e. The molecule has 1 fully saturated rings. The Hall–Kier alpha value is -0.570. The molecule has 15 heavy (non-hydrogen) atoms. The largest absolute Gasteiger partial charge is 0.349 e. The molecule has 1 heterocycles. The van der Waals surface area contributed by atoms with E-state index in [1.807, 2.05) is 14.1 Å². The van der Waals surface area contributed by atoms with Crippen LogP contribution in [-0.4, -0.2) is 49.4 Å². The highest BCUT2D eigenvalue weighted by Crippen LogP contribution is 2.23. The summed E-state index contributed by atoms with van der Waals surface area (Å²) in [5.74, 6) is 0.508. The van der Waals surface area contributed by atoms with Gasteiger partial charge in [-0.15, -0.1) is 0 Å². The van der Waals surface area contributed by atoms with Gasteiger partial charge in [-0.05, 0) is 18.4 Å². The molecule has 1 aliphatic heterocycles. The highest BCUT2D eigenvalue weighted by molar-refractivity contribution is 5.78. The van der Waals surface area contributed by atoms with Crippen LogP contribution >= 0.6 is 0 Å². The summed E-state index contributed by atoms with van der Waals surface area (Å²) in [6.07, 6.45) is 1.02. The molecule has 0 aliphatic carbocycles. The monoisotopic (exact) mass is 212 g/mol. The van der Waals surface area contributed by atoms with Gasteiger partial charge in [0, 0.05) is 27.2 Å². The first-order chi connectivity index (χ1) is 6.79. The van der Waals surface area contributed by atoms with Crippen molar-refractivity contribution >= 4 is 5.91 Å². The number of hydrogen-bond acceptors (Lipinski definition) is 2. The van der Waals surface area contributed by atoms with Gasteiger partial charge in [0.05, 0.1) is 5.92 Å². The molecule has 0 aromatic heterocycles. The summed E-state index contributed by atoms with van der Waals surface area (Å²) < 4.78 is 0. The van der Waals surface area contributed by atoms with Gasteiger partial charge in [-0.3, -0.25) is 4.79 Å². The van der Waals surface area contributed by atoms with Crippen LogP contribution in [0.5, 0.6) is 0 Å². The molecular formula is C12H24N2O. The maximum Gasteiger partial charge on any atom is 0.226 e. The molecule has 0 saturated carbocycles. The summed E-state index contributed by atoms with van der Waals surface area (Å²) in [6.45, 7) is 9.83. The molecular weight excluding hydrogens is 188 g/mol. The average Bonchev–Trinajstić information content (AvgIpc) is 2.48. The predicted molar refractivity (Wildman–Crippen MR) is 62.7 cm³/mol. The zero-order chi connectivity index (χ0) is 11.6. The molecule has 0 spiro atoms. The van der Waals surface area contributed by atoms with Crippen molar-refractivity contribution in [3.05, 3.63) is 0 Å². The van der Waals surface area contributed by atoms with Crippen molar-refractivity contribution in [2.45, 2.75) is 27.2 Å². The van der Waals surface area contributed by atoms with Crippen LogP contribution in [0.3, 0.4) is 0 Å². The number of carbonyl (C=O) groups is 1. The molecule has 88 valence electrons. The minimum atomic E-state index is 0.224. The molecule has 1 aliphatic rings. The van der Waals surface area contributed by atoms with Crippen LogP contribution < -0.4 is 0 Å². The third-order valence-corrected chi connectivity index (χ3v) is 2.76. The van der Waals surface area contributed by atoms with E-state index in [9.17, 15) is 4.79 Å². The van der Waals surface area contributed by atoms with E-state index in [-0.39, 0.29) is 11.8 Å². The smallest absolute Gasteiger partial charge is 0.226 e. The van der Waals surface area contributed by atoms with Crippen molar-refractivity contribution in [3.63, 3.8) is 0 Å². The van der Waals surface area contributed by atoms with E-state index in [0.29, 0.717) is 5.41 Å². The summed E-state index contributed by atoms with van der Waals surface area (Å²) in [6, 6.07) is 0. The number of rotatable bonds is 2. The van der Waals surface area contributed by atoms with Crippen molar-refractivity contribution in [2.75, 3.05) is 33.7 Å². The van der Waals surface area contributed by atoms with E-state index < -0.39 is 0 Å². The lowest BCUT2D eigenvalue weighted by atomic mass is 9.96. The van der Waals surface area contributed by atoms with Crippen LogP contribution in [0.25, 0.3) is 0 Å². The van der Waals surface area contributed by atoms with E-state index in [0.717, 1.165) is 26.1 Å². The Morgan fingerprint density at radius 3 is 2.47 bits per heavy atom. The minimum absolute atomic E-state index is 0.224. The fraction of sp³-hybridized carbons (Fsp3) is 0.917. The van der Waals surface area contributed by atoms with Gasteiger partial charge in [0.15, 0.2) is 0 Å². The van der Waals surface area contributed by atoms with Crippen LogP contribution in [-0.2, 0) is 4.79 Å². The Morgan fingerprint density at radius 2 is 2.00 bits per heavy atom. The Kier molecular flexibility index (Phi) is 3.77. The van der Waals surface area contributed by atoms with E-state index in [4.69, 9.17) is 0 Å². The van der Waals surface area contributed by atoms with Gasteiger partial charge in [-0.1, -0.05) is 20.8 Å². The van der Waals surface area contributed by atoms with Crippen LogP contribution in [0.1, 0.15) is 27.2 Å². The number of nitrogens with zero attached hydrogens (tertiary/aromatic N) is 2. The molecule has 1 rings (SSSR count). The Labute approximate surface area is 93.4 Å². The highest BCUT2D eigenvalue weighted by Gasteiger charge is 2.30. The first kappa shape index (κ1) is 12.5. The maximum atomic E-state index is 11.8. The molecule has 0 unspecified atom stereocenters. The molecule has 1 amide bonds. The van der Waals surface area contributed by atoms with E-state index in [1.54, 1.807) is 4.90 Å². The van der Waals surface area contributed by atoms with E-state index in [2.05, 4.69) is 25.7 Å². The second-order valence-corrected chi connectivity index (χ2v) is 6.01. The van der Waals surface area contributed by atoms with Crippen molar-refractivity contribution in [2.24, 2.45) is 11.3 Å². The first-order valence-corrected chi connectivity index (χ1v) is 5.73. The second kappa shape index (κ2) is 4.52. The van der Waals surface area contributed by atoms with E-state index in [1.165, 1.54) is 0 Å². The van der Waals surface area contributed by atoms with Gasteiger partial charge in [0.1, 0.15) is 0 Å². The van der Waals surface area contributed by atoms with Gasteiger partial charge < -0.3 is 9.80 Å². The van der Waals surface area contributed by atoms with Crippen LogP contribution in [0.15, 0.2) is 0 Å². The summed E-state index contributed by atoms with van der Waals surface area (Å²) >= 11 is 0. The second-order valence-electron chi connectivity index (χ2n) is 6.01. The normalized spacial score (nSPS) is 23.1. The number of amides is 1. The quantitative estimate of drug-likeness (QED) is 0.691. The van der Waals surface area contributed by atoms with Crippen LogP contribution in [0.4, 0.5) is 0 Å². The third kappa shape index (κ3) is 3.82. The third-order valence-electron chi connectivity index (χ3n) is 2.76. The summed E-state index contributed by atoms with van der Waals surface area (Å²) in [7, 11) is 3.68. The molecule has 0 aromatic carbocycles. The molecule has 3 nitrogen and oxygen atoms in total. The van der Waals surface area contributed by atoms with Gasteiger partial charge >= 0.3 is 0 Å². The Balaban J connectivity index is 2.43. The zero-order valence-electron chi connectivity index (χ0n) is 10.7. The number of hydrogen-bond donors (Lipinski definition) is 0. The SMILES string of the molecule is CN(C)C(=O)[C@H]1CCN(CC(C)(C)C)C1. The number of carbonyl (C=O) groups excluding carboxylic acids is 1. The predicted octanol–water partition coefficient (Wildman–Crippen LogP) is 1.44. The molecule has 3 heteroatoms. The standard InChI is InChI=1S/C12H24N2O/c1-12(2,3)9-14-7-6-10(8-14)11(15)13(4)5/h10H,6-9H2,1-5H3/t10-/m0/s1. The highest BCUT2D eigenvalue weighted by atomic mass is 16.2. The molecule has 1 saturated heterocycles. The topological polar surface area (TPSA) is 23.6 Å². The molecule has 1 atom stereocenters. The van der Waals surface area contributed by atoms with Crippen molar-refractivity contribution in [1.29, 1.82) is 0 Å². The molecule has 0 N–H and O–H groups in total. The average molecular weight is 212 g/mol. The maximum absolute atomic E-state index is 11.8. The lowest BCUT2D eigenvalue weighted by Gasteiger charge is -2.26. The Bertz CT molecular complexity index is 230. The molecule has 0 aromatic rings. The summed E-state index contributed by atoms with van der Waals surface area (Å²) in [4.78, 5) is 15.9. The summed E-state index contributed by atoms with van der Waals surface area (Å²) in [5.41, 5.74) is 0.329. The van der Waals surface area contributed by atoms with Gasteiger partial charge in [-0.2, -0.15) is 0 Å². The summed E-state index contributed by atoms with van der Waals surface area (Å²) in [5, 5.41) is 0. The first-order valence-electron chi connectivity index (χ1n) is 5.73. The molecule has 0 radical (unpaired) electrons. The van der Waals surface area contributed by atoms with Crippen LogP contribution in [0, 0.1) is 11.3 Å². The van der Waals surface area contributed by atoms with Crippen molar-refractivity contribution in [1.82, 2.24) is 9.80 Å².